The van der Waals surface area contributed by atoms with E-state index in [2.05, 4.69) is 10.3 Å². The summed E-state index contributed by atoms with van der Waals surface area (Å²) in [6.07, 6.45) is 1.82. The average molecular weight is 228 g/mol. The van der Waals surface area contributed by atoms with Gasteiger partial charge in [0.25, 0.3) is 0 Å². The van der Waals surface area contributed by atoms with Crippen molar-refractivity contribution in [3.8, 4) is 0 Å². The third-order valence-electron chi connectivity index (χ3n) is 1.81. The molecule has 1 rings (SSSR count). The van der Waals surface area contributed by atoms with E-state index in [9.17, 15) is 4.79 Å². The topological polar surface area (TPSA) is 68.0 Å². The first-order valence-corrected chi connectivity index (χ1v) is 5.04. The molecule has 0 fully saturated rings. The second-order valence-electron chi connectivity index (χ2n) is 3.56. The molecule has 4 nitrogen and oxygen atoms in total. The number of aromatic nitrogens is 1. The van der Waals surface area contributed by atoms with Crippen molar-refractivity contribution in [1.29, 1.82) is 0 Å². The van der Waals surface area contributed by atoms with Crippen LogP contribution in [0.1, 0.15) is 18.9 Å². The number of nitrogens with two attached hydrogens (primary N) is 1. The zero-order chi connectivity index (χ0) is 11.4. The summed E-state index contributed by atoms with van der Waals surface area (Å²) in [6.45, 7) is 3.61. The Morgan fingerprint density at radius 2 is 2.40 bits per heavy atom. The highest BCUT2D eigenvalue weighted by Crippen LogP contribution is 2.16. The number of carbonyl (C=O) groups excluding carboxylic acids is 1. The van der Waals surface area contributed by atoms with Crippen LogP contribution in [0, 0.1) is 6.92 Å². The second kappa shape index (κ2) is 5.09. The number of halogens is 1. The smallest absolute Gasteiger partial charge is 0.225 e. The average Bonchev–Trinajstić information content (AvgIpc) is 2.10. The summed E-state index contributed by atoms with van der Waals surface area (Å²) in [5, 5.41) is 3.15. The highest BCUT2D eigenvalue weighted by atomic mass is 35.5. The molecule has 0 aliphatic heterocycles. The first kappa shape index (κ1) is 11.9. The zero-order valence-electron chi connectivity index (χ0n) is 8.75. The van der Waals surface area contributed by atoms with Gasteiger partial charge >= 0.3 is 0 Å². The van der Waals surface area contributed by atoms with Crippen LogP contribution in [0.2, 0.25) is 5.15 Å². The monoisotopic (exact) mass is 227 g/mol. The fourth-order valence-electron chi connectivity index (χ4n) is 1.13. The second-order valence-corrected chi connectivity index (χ2v) is 3.92. The maximum absolute atomic E-state index is 11.4. The van der Waals surface area contributed by atoms with Crippen LogP contribution in [0.15, 0.2) is 12.3 Å². The van der Waals surface area contributed by atoms with Gasteiger partial charge in [0, 0.05) is 12.5 Å². The number of rotatable bonds is 3. The molecule has 1 atom stereocenters. The Balaban J connectivity index is 2.65. The maximum atomic E-state index is 11.4. The Morgan fingerprint density at radius 3 is 2.93 bits per heavy atom. The van der Waals surface area contributed by atoms with Gasteiger partial charge in [-0.15, -0.1) is 0 Å². The van der Waals surface area contributed by atoms with Crippen molar-refractivity contribution < 1.29 is 4.79 Å². The molecule has 3 N–H and O–H groups in total. The Kier molecular flexibility index (Phi) is 4.05. The molecule has 0 radical (unpaired) electrons. The van der Waals surface area contributed by atoms with Crippen molar-refractivity contribution in [2.45, 2.75) is 26.3 Å². The first-order chi connectivity index (χ1) is 6.99. The molecule has 0 aromatic carbocycles. The highest BCUT2D eigenvalue weighted by Gasteiger charge is 2.06. The van der Waals surface area contributed by atoms with Gasteiger partial charge in [-0.2, -0.15) is 0 Å². The van der Waals surface area contributed by atoms with E-state index in [0.29, 0.717) is 17.3 Å². The zero-order valence-corrected chi connectivity index (χ0v) is 9.51. The van der Waals surface area contributed by atoms with Gasteiger partial charge in [0.15, 0.2) is 0 Å². The van der Waals surface area contributed by atoms with Crippen LogP contribution < -0.4 is 11.1 Å². The van der Waals surface area contributed by atoms with E-state index in [-0.39, 0.29) is 11.9 Å². The van der Waals surface area contributed by atoms with E-state index in [1.165, 1.54) is 6.20 Å². The number of nitrogens with zero attached hydrogens (tertiary/aromatic N) is 1. The molecule has 5 heteroatoms. The van der Waals surface area contributed by atoms with Gasteiger partial charge in [0.05, 0.1) is 11.9 Å². The number of amides is 1. The Morgan fingerprint density at radius 1 is 1.73 bits per heavy atom. The van der Waals surface area contributed by atoms with Gasteiger partial charge in [-0.1, -0.05) is 11.6 Å². The Bertz CT molecular complexity index is 366. The van der Waals surface area contributed by atoms with Crippen LogP contribution in [-0.2, 0) is 4.79 Å². The lowest BCUT2D eigenvalue weighted by Gasteiger charge is -2.07. The standard InChI is InChI=1S/C10H14ClN3O/c1-6-3-8(5-13-10(6)11)14-9(15)4-7(2)12/h3,5,7H,4,12H2,1-2H3,(H,14,15). The van der Waals surface area contributed by atoms with Gasteiger partial charge in [0.2, 0.25) is 5.91 Å². The molecule has 0 saturated heterocycles. The van der Waals surface area contributed by atoms with E-state index in [1.807, 2.05) is 6.92 Å². The number of hydrogen-bond donors (Lipinski definition) is 2. The van der Waals surface area contributed by atoms with Crippen molar-refractivity contribution in [2.24, 2.45) is 5.73 Å². The molecule has 1 heterocycles. The Labute approximate surface area is 93.8 Å². The van der Waals surface area contributed by atoms with Crippen LogP contribution >= 0.6 is 11.6 Å². The minimum absolute atomic E-state index is 0.117. The van der Waals surface area contributed by atoms with Crippen molar-refractivity contribution >= 4 is 23.2 Å². The highest BCUT2D eigenvalue weighted by molar-refractivity contribution is 6.30. The fourth-order valence-corrected chi connectivity index (χ4v) is 1.23. The van der Waals surface area contributed by atoms with Gasteiger partial charge in [-0.05, 0) is 25.5 Å². The van der Waals surface area contributed by atoms with E-state index < -0.39 is 0 Å². The van der Waals surface area contributed by atoms with Crippen molar-refractivity contribution in [2.75, 3.05) is 5.32 Å². The van der Waals surface area contributed by atoms with Gasteiger partial charge < -0.3 is 11.1 Å². The minimum atomic E-state index is -0.147. The molecule has 82 valence electrons. The van der Waals surface area contributed by atoms with Gasteiger partial charge in [-0.25, -0.2) is 4.98 Å². The number of carbonyl (C=O) groups is 1. The third-order valence-corrected chi connectivity index (χ3v) is 2.20. The van der Waals surface area contributed by atoms with Crippen LogP contribution in [0.4, 0.5) is 5.69 Å². The fraction of sp³-hybridized carbons (Fsp3) is 0.400. The molecule has 0 aliphatic carbocycles. The van der Waals surface area contributed by atoms with Crippen LogP contribution in [0.25, 0.3) is 0 Å². The summed E-state index contributed by atoms with van der Waals surface area (Å²) in [5.74, 6) is -0.117. The molecule has 15 heavy (non-hydrogen) atoms. The summed E-state index contributed by atoms with van der Waals surface area (Å²) >= 11 is 5.76. The summed E-state index contributed by atoms with van der Waals surface area (Å²) < 4.78 is 0. The molecule has 0 bridgehead atoms. The summed E-state index contributed by atoms with van der Waals surface area (Å²) in [5.41, 5.74) is 6.97. The van der Waals surface area contributed by atoms with Crippen molar-refractivity contribution in [1.82, 2.24) is 4.98 Å². The molecule has 0 saturated carbocycles. The molecule has 0 aliphatic rings. The molecule has 1 aromatic rings. The number of anilines is 1. The number of pyridine rings is 1. The van der Waals surface area contributed by atoms with E-state index in [1.54, 1.807) is 13.0 Å². The number of hydrogen-bond acceptors (Lipinski definition) is 3. The summed E-state index contributed by atoms with van der Waals surface area (Å²) in [4.78, 5) is 15.3. The van der Waals surface area contributed by atoms with E-state index in [0.717, 1.165) is 5.56 Å². The molecule has 1 unspecified atom stereocenters. The van der Waals surface area contributed by atoms with Crippen molar-refractivity contribution in [3.05, 3.63) is 23.0 Å². The largest absolute Gasteiger partial charge is 0.327 e. The van der Waals surface area contributed by atoms with Crippen LogP contribution in [0.5, 0.6) is 0 Å². The minimum Gasteiger partial charge on any atom is -0.327 e. The predicted octanol–water partition coefficient (Wildman–Crippen LogP) is 1.72. The normalized spacial score (nSPS) is 12.3. The predicted molar refractivity (Wildman–Crippen MR) is 60.9 cm³/mol. The lowest BCUT2D eigenvalue weighted by atomic mass is 10.2. The number of aryl methyl sites for hydroxylation is 1. The quantitative estimate of drug-likeness (QED) is 0.773. The lowest BCUT2D eigenvalue weighted by Crippen LogP contribution is -2.24. The third kappa shape index (κ3) is 3.85. The molecule has 1 aromatic heterocycles. The molecule has 0 spiro atoms. The molecular formula is C10H14ClN3O. The number of nitrogens with one attached hydrogen (secondary N) is 1. The van der Waals surface area contributed by atoms with E-state index >= 15 is 0 Å². The van der Waals surface area contributed by atoms with Crippen LogP contribution in [-0.4, -0.2) is 16.9 Å². The lowest BCUT2D eigenvalue weighted by molar-refractivity contribution is -0.116. The molecule has 1 amide bonds. The first-order valence-electron chi connectivity index (χ1n) is 4.66. The Hall–Kier alpha value is -1.13. The molecular weight excluding hydrogens is 214 g/mol. The van der Waals surface area contributed by atoms with E-state index in [4.69, 9.17) is 17.3 Å². The van der Waals surface area contributed by atoms with Gasteiger partial charge in [0.1, 0.15) is 5.15 Å². The van der Waals surface area contributed by atoms with Gasteiger partial charge in [-0.3, -0.25) is 4.79 Å². The summed E-state index contributed by atoms with van der Waals surface area (Å²) in [7, 11) is 0. The summed E-state index contributed by atoms with van der Waals surface area (Å²) in [6, 6.07) is 1.63. The van der Waals surface area contributed by atoms with Crippen LogP contribution in [0.3, 0.4) is 0 Å². The maximum Gasteiger partial charge on any atom is 0.225 e. The SMILES string of the molecule is Cc1cc(NC(=O)CC(C)N)cnc1Cl. The van der Waals surface area contributed by atoms with Crippen molar-refractivity contribution in [3.63, 3.8) is 0 Å².